The molecule has 0 aliphatic rings. The maximum Gasteiger partial charge on any atom is 0.227 e. The maximum absolute atomic E-state index is 10.9. The predicted molar refractivity (Wildman–Crippen MR) is 45.5 cm³/mol. The zero-order valence-corrected chi connectivity index (χ0v) is 7.53. The molecule has 0 radical (unpaired) electrons. The minimum atomic E-state index is 0.0654. The van der Waals surface area contributed by atoms with Gasteiger partial charge in [0.25, 0.3) is 0 Å². The fraction of sp³-hybridized carbons (Fsp3) is 0.714. The topological polar surface area (TPSA) is 35.9 Å². The van der Waals surface area contributed by atoms with E-state index >= 15 is 0 Å². The summed E-state index contributed by atoms with van der Waals surface area (Å²) in [5.41, 5.74) is 0. The van der Waals surface area contributed by atoms with Gasteiger partial charge in [-0.25, -0.2) is 0 Å². The van der Waals surface area contributed by atoms with Crippen LogP contribution in [-0.4, -0.2) is 50.2 Å². The molecule has 0 heterocycles. The monoisotopic (exact) mass is 157 g/mol. The molecule has 0 rings (SSSR count). The Morgan fingerprint density at radius 1 is 1.36 bits per heavy atom. The number of hydrogen-bond acceptors (Lipinski definition) is 3. The van der Waals surface area contributed by atoms with E-state index in [1.807, 2.05) is 14.1 Å². The molecule has 0 aromatic heterocycles. The standard InChI is InChI=1S/C7H15N3O/c1-9(2)7(11)5-6-8-10(3)4/h6H,5H2,1-4H3/b8-6+. The van der Waals surface area contributed by atoms with Crippen molar-refractivity contribution in [2.45, 2.75) is 6.42 Å². The number of carbonyl (C=O) groups is 1. The third-order valence-corrected chi connectivity index (χ3v) is 1.08. The fourth-order valence-corrected chi connectivity index (χ4v) is 0.465. The molecule has 0 spiro atoms. The van der Waals surface area contributed by atoms with Crippen LogP contribution in [0.25, 0.3) is 0 Å². The van der Waals surface area contributed by atoms with E-state index in [0.29, 0.717) is 6.42 Å². The highest BCUT2D eigenvalue weighted by molar-refractivity contribution is 5.89. The Bertz CT molecular complexity index is 152. The van der Waals surface area contributed by atoms with Crippen molar-refractivity contribution in [2.75, 3.05) is 28.2 Å². The molecule has 0 aliphatic heterocycles. The van der Waals surface area contributed by atoms with E-state index in [0.717, 1.165) is 0 Å². The second kappa shape index (κ2) is 4.71. The summed E-state index contributed by atoms with van der Waals surface area (Å²) in [5, 5.41) is 5.56. The first-order chi connectivity index (χ1) is 5.04. The minimum Gasteiger partial charge on any atom is -0.349 e. The lowest BCUT2D eigenvalue weighted by molar-refractivity contribution is -0.127. The first-order valence-electron chi connectivity index (χ1n) is 3.44. The zero-order chi connectivity index (χ0) is 8.85. The summed E-state index contributed by atoms with van der Waals surface area (Å²) >= 11 is 0. The van der Waals surface area contributed by atoms with Crippen molar-refractivity contribution in [2.24, 2.45) is 5.10 Å². The lowest BCUT2D eigenvalue weighted by atomic mass is 10.4. The average Bonchev–Trinajstić information content (AvgIpc) is 1.86. The van der Waals surface area contributed by atoms with Crippen molar-refractivity contribution in [1.82, 2.24) is 9.91 Å². The summed E-state index contributed by atoms with van der Waals surface area (Å²) in [6.07, 6.45) is 1.97. The van der Waals surface area contributed by atoms with Gasteiger partial charge >= 0.3 is 0 Å². The van der Waals surface area contributed by atoms with E-state index in [1.54, 1.807) is 30.2 Å². The number of hydrazone groups is 1. The molecule has 0 atom stereocenters. The Kier molecular flexibility index (Phi) is 4.26. The Labute approximate surface area is 67.5 Å². The lowest BCUT2D eigenvalue weighted by Gasteiger charge is -2.07. The molecule has 0 aromatic rings. The summed E-state index contributed by atoms with van der Waals surface area (Å²) in [6, 6.07) is 0. The summed E-state index contributed by atoms with van der Waals surface area (Å²) < 4.78 is 0. The second-order valence-electron chi connectivity index (χ2n) is 2.64. The number of amides is 1. The number of carbonyl (C=O) groups excluding carboxylic acids is 1. The molecule has 11 heavy (non-hydrogen) atoms. The van der Waals surface area contributed by atoms with Crippen LogP contribution in [-0.2, 0) is 4.79 Å². The van der Waals surface area contributed by atoms with Gasteiger partial charge in [0, 0.05) is 34.4 Å². The van der Waals surface area contributed by atoms with Gasteiger partial charge in [-0.05, 0) is 0 Å². The van der Waals surface area contributed by atoms with Gasteiger partial charge in [0.15, 0.2) is 0 Å². The molecule has 64 valence electrons. The third-order valence-electron chi connectivity index (χ3n) is 1.08. The van der Waals surface area contributed by atoms with Crippen molar-refractivity contribution in [3.05, 3.63) is 0 Å². The van der Waals surface area contributed by atoms with Crippen LogP contribution in [0.3, 0.4) is 0 Å². The van der Waals surface area contributed by atoms with Crippen LogP contribution >= 0.6 is 0 Å². The normalized spacial score (nSPS) is 10.2. The van der Waals surface area contributed by atoms with Gasteiger partial charge in [0.1, 0.15) is 0 Å². The molecule has 0 bridgehead atoms. The van der Waals surface area contributed by atoms with Gasteiger partial charge in [-0.2, -0.15) is 5.10 Å². The van der Waals surface area contributed by atoms with E-state index in [2.05, 4.69) is 5.10 Å². The minimum absolute atomic E-state index is 0.0654. The molecular weight excluding hydrogens is 142 g/mol. The van der Waals surface area contributed by atoms with Gasteiger partial charge in [-0.3, -0.25) is 4.79 Å². The molecule has 4 nitrogen and oxygen atoms in total. The molecule has 0 saturated carbocycles. The lowest BCUT2D eigenvalue weighted by Crippen LogP contribution is -2.21. The zero-order valence-electron chi connectivity index (χ0n) is 7.53. The largest absolute Gasteiger partial charge is 0.349 e. The molecule has 0 saturated heterocycles. The van der Waals surface area contributed by atoms with Crippen LogP contribution in [0.1, 0.15) is 6.42 Å². The molecule has 0 aromatic carbocycles. The van der Waals surface area contributed by atoms with Gasteiger partial charge in [-0.1, -0.05) is 0 Å². The Hall–Kier alpha value is -1.06. The number of nitrogens with zero attached hydrogens (tertiary/aromatic N) is 3. The van der Waals surface area contributed by atoms with Crippen LogP contribution < -0.4 is 0 Å². The Morgan fingerprint density at radius 2 is 1.91 bits per heavy atom. The van der Waals surface area contributed by atoms with Crippen LogP contribution in [0, 0.1) is 0 Å². The number of rotatable bonds is 3. The smallest absolute Gasteiger partial charge is 0.227 e. The highest BCUT2D eigenvalue weighted by Gasteiger charge is 1.99. The quantitative estimate of drug-likeness (QED) is 0.427. The second-order valence-corrected chi connectivity index (χ2v) is 2.64. The summed E-state index contributed by atoms with van der Waals surface area (Å²) in [7, 11) is 7.09. The van der Waals surface area contributed by atoms with E-state index in [4.69, 9.17) is 0 Å². The average molecular weight is 157 g/mol. The maximum atomic E-state index is 10.9. The fourth-order valence-electron chi connectivity index (χ4n) is 0.465. The van der Waals surface area contributed by atoms with Gasteiger partial charge in [-0.15, -0.1) is 0 Å². The van der Waals surface area contributed by atoms with Crippen molar-refractivity contribution < 1.29 is 4.79 Å². The Morgan fingerprint density at radius 3 is 2.27 bits per heavy atom. The summed E-state index contributed by atoms with van der Waals surface area (Å²) in [6.45, 7) is 0. The first kappa shape index (κ1) is 9.94. The van der Waals surface area contributed by atoms with Crippen molar-refractivity contribution in [3.63, 3.8) is 0 Å². The molecule has 0 unspecified atom stereocenters. The third kappa shape index (κ3) is 5.39. The van der Waals surface area contributed by atoms with Crippen LogP contribution in [0.15, 0.2) is 5.10 Å². The molecular formula is C7H15N3O. The highest BCUT2D eigenvalue weighted by Crippen LogP contribution is 1.83. The number of hydrogen-bond donors (Lipinski definition) is 0. The van der Waals surface area contributed by atoms with Crippen molar-refractivity contribution >= 4 is 12.1 Å². The van der Waals surface area contributed by atoms with E-state index in [-0.39, 0.29) is 5.91 Å². The van der Waals surface area contributed by atoms with E-state index in [9.17, 15) is 4.79 Å². The van der Waals surface area contributed by atoms with Crippen LogP contribution in [0.4, 0.5) is 0 Å². The molecule has 4 heteroatoms. The van der Waals surface area contributed by atoms with E-state index in [1.165, 1.54) is 0 Å². The summed E-state index contributed by atoms with van der Waals surface area (Å²) in [4.78, 5) is 12.5. The van der Waals surface area contributed by atoms with E-state index < -0.39 is 0 Å². The Balaban J connectivity index is 3.62. The van der Waals surface area contributed by atoms with Crippen LogP contribution in [0.2, 0.25) is 0 Å². The van der Waals surface area contributed by atoms with Crippen LogP contribution in [0.5, 0.6) is 0 Å². The highest BCUT2D eigenvalue weighted by atomic mass is 16.2. The van der Waals surface area contributed by atoms with Crippen molar-refractivity contribution in [3.8, 4) is 0 Å². The van der Waals surface area contributed by atoms with Gasteiger partial charge in [0.2, 0.25) is 5.91 Å². The summed E-state index contributed by atoms with van der Waals surface area (Å²) in [5.74, 6) is 0.0654. The molecule has 0 aliphatic carbocycles. The van der Waals surface area contributed by atoms with Crippen molar-refractivity contribution in [1.29, 1.82) is 0 Å². The predicted octanol–water partition coefficient (Wildman–Crippen LogP) is 0.0121. The molecule has 0 N–H and O–H groups in total. The first-order valence-corrected chi connectivity index (χ1v) is 3.44. The molecule has 0 fully saturated rings. The van der Waals surface area contributed by atoms with Gasteiger partial charge < -0.3 is 9.91 Å². The SMILES string of the molecule is CN(C)/N=C/CC(=O)N(C)C. The molecule has 1 amide bonds. The van der Waals surface area contributed by atoms with Gasteiger partial charge in [0.05, 0.1) is 6.42 Å².